The van der Waals surface area contributed by atoms with Crippen LogP contribution in [0.25, 0.3) is 0 Å². The molecule has 2 aromatic carbocycles. The number of hydrogen-bond donors (Lipinski definition) is 1. The van der Waals surface area contributed by atoms with Crippen LogP contribution >= 0.6 is 23.2 Å². The highest BCUT2D eigenvalue weighted by molar-refractivity contribution is 6.42. The van der Waals surface area contributed by atoms with E-state index < -0.39 is 15.5 Å². The average Bonchev–Trinajstić information content (AvgIpc) is 2.78. The Balaban J connectivity index is 0.00000385. The first-order chi connectivity index (χ1) is 15.3. The van der Waals surface area contributed by atoms with Gasteiger partial charge in [0.05, 0.1) is 26.0 Å². The van der Waals surface area contributed by atoms with E-state index in [-0.39, 0.29) is 28.4 Å². The fourth-order valence-corrected chi connectivity index (χ4v) is 3.23. The van der Waals surface area contributed by atoms with Crippen LogP contribution in [0.4, 0.5) is 17.1 Å². The first-order valence-electron chi connectivity index (χ1n) is 9.47. The minimum Gasteiger partial charge on any atom is -1.00 e. The molecule has 3 rings (SSSR count). The van der Waals surface area contributed by atoms with E-state index in [0.29, 0.717) is 27.9 Å². The van der Waals surface area contributed by atoms with Gasteiger partial charge in [-0.2, -0.15) is 9.67 Å². The van der Waals surface area contributed by atoms with Gasteiger partial charge in [0.2, 0.25) is 0 Å². The Morgan fingerprint density at radius 1 is 1.06 bits per heavy atom. The molecule has 0 aliphatic carbocycles. The molecule has 0 aliphatic heterocycles. The van der Waals surface area contributed by atoms with Crippen LogP contribution in [0, 0.1) is 20.2 Å². The summed E-state index contributed by atoms with van der Waals surface area (Å²) in [5.41, 5.74) is 4.15. The van der Waals surface area contributed by atoms with Gasteiger partial charge >= 0.3 is 5.69 Å². The lowest BCUT2D eigenvalue weighted by molar-refractivity contribution is -0.682. The molecule has 3 aromatic rings. The fraction of sp³-hybridized carbons (Fsp3) is 0.143. The number of aryl methyl sites for hydroxylation is 1. The predicted octanol–water partition coefficient (Wildman–Crippen LogP) is 2.18. The van der Waals surface area contributed by atoms with Crippen molar-refractivity contribution in [3.63, 3.8) is 0 Å². The number of nitrogens with one attached hydrogen (secondary N) is 1. The van der Waals surface area contributed by atoms with Crippen molar-refractivity contribution in [3.8, 4) is 0 Å². The third kappa shape index (κ3) is 6.70. The van der Waals surface area contributed by atoms with E-state index in [4.69, 9.17) is 23.2 Å². The second kappa shape index (κ2) is 11.7. The van der Waals surface area contributed by atoms with E-state index in [0.717, 1.165) is 18.1 Å². The average molecular weight is 555 g/mol. The molecule has 0 saturated heterocycles. The summed E-state index contributed by atoms with van der Waals surface area (Å²) < 4.78 is 1.92. The smallest absolute Gasteiger partial charge is 0.301 e. The van der Waals surface area contributed by atoms with Gasteiger partial charge in [-0.1, -0.05) is 36.2 Å². The molecule has 33 heavy (non-hydrogen) atoms. The van der Waals surface area contributed by atoms with E-state index in [2.05, 4.69) is 10.5 Å². The topological polar surface area (TPSA) is 115 Å². The maximum Gasteiger partial charge on any atom is 0.301 e. The molecule has 0 aliphatic rings. The lowest BCUT2D eigenvalue weighted by atomic mass is 10.1. The Hall–Kier alpha value is -3.08. The summed E-state index contributed by atoms with van der Waals surface area (Å²) in [6.07, 6.45) is 4.70. The van der Waals surface area contributed by atoms with Gasteiger partial charge in [0.25, 0.3) is 5.69 Å². The van der Waals surface area contributed by atoms with Crippen molar-refractivity contribution < 1.29 is 31.4 Å². The molecule has 0 amide bonds. The highest BCUT2D eigenvalue weighted by Crippen LogP contribution is 2.29. The Morgan fingerprint density at radius 3 is 2.45 bits per heavy atom. The van der Waals surface area contributed by atoms with E-state index in [1.165, 1.54) is 12.1 Å². The van der Waals surface area contributed by atoms with Crippen LogP contribution in [0.2, 0.25) is 10.0 Å². The zero-order valence-corrected chi connectivity index (χ0v) is 20.3. The molecular formula is C21H18BrCl2N5O4. The van der Waals surface area contributed by atoms with Crippen molar-refractivity contribution in [2.24, 2.45) is 5.10 Å². The SMILES string of the molecule is CCc1ccc[n+](C/C(=N/Nc2ccc([N+](=O)[O-])cc2[N+](=O)[O-])c2ccc(Cl)c(Cl)c2)c1.[Br-]. The van der Waals surface area contributed by atoms with Crippen molar-refractivity contribution >= 4 is 46.0 Å². The van der Waals surface area contributed by atoms with Crippen molar-refractivity contribution in [2.45, 2.75) is 19.9 Å². The third-order valence-corrected chi connectivity index (χ3v) is 5.35. The molecule has 1 heterocycles. The third-order valence-electron chi connectivity index (χ3n) is 4.61. The zero-order valence-electron chi connectivity index (χ0n) is 17.2. The van der Waals surface area contributed by atoms with Crippen molar-refractivity contribution in [2.75, 3.05) is 5.43 Å². The van der Waals surface area contributed by atoms with Gasteiger partial charge in [0.15, 0.2) is 18.9 Å². The summed E-state index contributed by atoms with van der Waals surface area (Å²) in [5, 5.41) is 27.5. The quantitative estimate of drug-likeness (QED) is 0.198. The Kier molecular flexibility index (Phi) is 9.27. The number of halogens is 3. The van der Waals surface area contributed by atoms with E-state index >= 15 is 0 Å². The largest absolute Gasteiger partial charge is 1.00 e. The number of nitro groups is 2. The lowest BCUT2D eigenvalue weighted by Gasteiger charge is -2.08. The molecule has 9 nitrogen and oxygen atoms in total. The molecule has 1 aromatic heterocycles. The molecule has 0 spiro atoms. The highest BCUT2D eigenvalue weighted by Gasteiger charge is 2.20. The number of nitrogens with zero attached hydrogens (tertiary/aromatic N) is 4. The molecule has 0 atom stereocenters. The second-order valence-electron chi connectivity index (χ2n) is 6.75. The molecule has 12 heteroatoms. The molecule has 1 N–H and O–H groups in total. The summed E-state index contributed by atoms with van der Waals surface area (Å²) >= 11 is 12.2. The summed E-state index contributed by atoms with van der Waals surface area (Å²) in [4.78, 5) is 21.0. The van der Waals surface area contributed by atoms with Crippen molar-refractivity contribution in [1.82, 2.24) is 0 Å². The first-order valence-corrected chi connectivity index (χ1v) is 10.2. The van der Waals surface area contributed by atoms with E-state index in [1.807, 2.05) is 36.0 Å². The number of non-ortho nitro benzene ring substituents is 1. The number of aromatic nitrogens is 1. The van der Waals surface area contributed by atoms with E-state index in [9.17, 15) is 20.2 Å². The summed E-state index contributed by atoms with van der Waals surface area (Å²) in [6, 6.07) is 12.2. The van der Waals surface area contributed by atoms with Gasteiger partial charge < -0.3 is 17.0 Å². The Bertz CT molecular complexity index is 1220. The van der Waals surface area contributed by atoms with Crippen molar-refractivity contribution in [1.29, 1.82) is 0 Å². The van der Waals surface area contributed by atoms with Crippen LogP contribution in [0.1, 0.15) is 18.1 Å². The van der Waals surface area contributed by atoms with Crippen LogP contribution in [-0.2, 0) is 13.0 Å². The Morgan fingerprint density at radius 2 is 1.82 bits per heavy atom. The normalized spacial score (nSPS) is 10.9. The minimum atomic E-state index is -0.705. The van der Waals surface area contributed by atoms with Gasteiger partial charge in [0, 0.05) is 23.3 Å². The summed E-state index contributed by atoms with van der Waals surface area (Å²) in [7, 11) is 0. The van der Waals surface area contributed by atoms with Crippen molar-refractivity contribution in [3.05, 3.63) is 102 Å². The van der Waals surface area contributed by atoms with Crippen LogP contribution in [-0.4, -0.2) is 15.6 Å². The number of hydrogen-bond acceptors (Lipinski definition) is 6. The standard InChI is InChI=1S/C21H18Cl2N5O4.BrH/c1-2-14-4-3-9-26(12-14)13-20(15-5-7-17(22)18(23)10-15)25-24-19-8-6-16(27(29)30)11-21(19)28(31)32;/h3-12,24H,2,13H2,1H3;1H/q+1;/p-1/b25-20-;. The highest BCUT2D eigenvalue weighted by atomic mass is 79.9. The molecular weight excluding hydrogens is 537 g/mol. The molecule has 0 radical (unpaired) electrons. The Labute approximate surface area is 209 Å². The van der Waals surface area contributed by atoms with Gasteiger partial charge in [-0.15, -0.1) is 0 Å². The maximum absolute atomic E-state index is 11.4. The van der Waals surface area contributed by atoms with Crippen LogP contribution in [0.3, 0.4) is 0 Å². The van der Waals surface area contributed by atoms with Crippen LogP contribution < -0.4 is 27.0 Å². The number of pyridine rings is 1. The summed E-state index contributed by atoms with van der Waals surface area (Å²) in [5.74, 6) is 0. The zero-order chi connectivity index (χ0) is 23.3. The van der Waals surface area contributed by atoms with Gasteiger partial charge in [0.1, 0.15) is 11.4 Å². The van der Waals surface area contributed by atoms with Gasteiger partial charge in [-0.3, -0.25) is 25.7 Å². The summed E-state index contributed by atoms with van der Waals surface area (Å²) in [6.45, 7) is 2.38. The fourth-order valence-electron chi connectivity index (χ4n) is 2.93. The molecule has 172 valence electrons. The van der Waals surface area contributed by atoms with E-state index in [1.54, 1.807) is 18.2 Å². The molecule has 0 saturated carbocycles. The van der Waals surface area contributed by atoms with Crippen LogP contribution in [0.5, 0.6) is 0 Å². The minimum absolute atomic E-state index is 0. The number of benzene rings is 2. The maximum atomic E-state index is 11.4. The predicted molar refractivity (Wildman–Crippen MR) is 122 cm³/mol. The number of nitro benzene ring substituents is 2. The van der Waals surface area contributed by atoms with Gasteiger partial charge in [-0.25, -0.2) is 0 Å². The number of hydrazone groups is 1. The number of rotatable bonds is 8. The molecule has 0 unspecified atom stereocenters. The number of anilines is 1. The van der Waals surface area contributed by atoms with Gasteiger partial charge in [-0.05, 0) is 30.7 Å². The monoisotopic (exact) mass is 553 g/mol. The first kappa shape index (κ1) is 26.2. The van der Waals surface area contributed by atoms with Crippen LogP contribution in [0.15, 0.2) is 66.0 Å². The lowest BCUT2D eigenvalue weighted by Crippen LogP contribution is -3.00. The molecule has 0 fully saturated rings. The molecule has 0 bridgehead atoms. The second-order valence-corrected chi connectivity index (χ2v) is 7.57.